The van der Waals surface area contributed by atoms with E-state index < -0.39 is 5.41 Å². The van der Waals surface area contributed by atoms with Crippen LogP contribution in [0.3, 0.4) is 0 Å². The van der Waals surface area contributed by atoms with Crippen LogP contribution in [0.5, 0.6) is 0 Å². The number of hydrogen-bond acceptors (Lipinski definition) is 5. The van der Waals surface area contributed by atoms with Gasteiger partial charge >= 0.3 is 0 Å². The van der Waals surface area contributed by atoms with Crippen molar-refractivity contribution >= 4 is 23.2 Å². The van der Waals surface area contributed by atoms with Crippen LogP contribution >= 0.6 is 11.3 Å². The number of amides is 2. The molecule has 1 fully saturated rings. The van der Waals surface area contributed by atoms with Gasteiger partial charge < -0.3 is 10.2 Å². The van der Waals surface area contributed by atoms with Crippen LogP contribution in [-0.2, 0) is 17.8 Å². The van der Waals surface area contributed by atoms with E-state index >= 15 is 0 Å². The number of likely N-dealkylation sites (tertiary alicyclic amines) is 1. The summed E-state index contributed by atoms with van der Waals surface area (Å²) in [7, 11) is 0. The lowest BCUT2D eigenvalue weighted by atomic mass is 9.80. The van der Waals surface area contributed by atoms with E-state index in [9.17, 15) is 9.59 Å². The largest absolute Gasteiger partial charge is 0.355 e. The lowest BCUT2D eigenvalue weighted by Crippen LogP contribution is -2.52. The molecule has 1 unspecified atom stereocenters. The highest BCUT2D eigenvalue weighted by atomic mass is 32.1. The number of nitrogens with one attached hydrogen (secondary N) is 1. The highest BCUT2D eigenvalue weighted by Crippen LogP contribution is 2.30. The number of thiazole rings is 1. The second-order valence-electron chi connectivity index (χ2n) is 7.32. The number of aromatic nitrogens is 3. The maximum absolute atomic E-state index is 12.8. The van der Waals surface area contributed by atoms with Gasteiger partial charge in [0, 0.05) is 49.9 Å². The van der Waals surface area contributed by atoms with Crippen molar-refractivity contribution in [3.8, 4) is 0 Å². The number of piperidine rings is 1. The average Bonchev–Trinajstić information content (AvgIpc) is 3.30. The molecule has 0 aromatic carbocycles. The third-order valence-corrected chi connectivity index (χ3v) is 5.98. The van der Waals surface area contributed by atoms with Crippen molar-refractivity contribution in [3.63, 3.8) is 0 Å². The summed E-state index contributed by atoms with van der Waals surface area (Å²) in [6.45, 7) is 8.34. The Hall–Kier alpha value is -2.22. The maximum Gasteiger partial charge on any atom is 0.274 e. The minimum atomic E-state index is -0.569. The zero-order valence-electron chi connectivity index (χ0n) is 16.2. The maximum atomic E-state index is 12.8. The van der Waals surface area contributed by atoms with Gasteiger partial charge in [-0.05, 0) is 39.7 Å². The molecule has 0 saturated carbocycles. The SMILES string of the molecule is CCn1ccc(C(=O)N2CCCC(C)(C(=O)NCCc3ncc(C)s3)C2)n1. The molecule has 0 bridgehead atoms. The first-order valence-electron chi connectivity index (χ1n) is 9.43. The zero-order valence-corrected chi connectivity index (χ0v) is 17.0. The van der Waals surface area contributed by atoms with E-state index in [2.05, 4.69) is 15.4 Å². The molecule has 1 saturated heterocycles. The van der Waals surface area contributed by atoms with Crippen LogP contribution in [-0.4, -0.2) is 51.1 Å². The summed E-state index contributed by atoms with van der Waals surface area (Å²) in [5, 5.41) is 8.37. The van der Waals surface area contributed by atoms with E-state index in [0.29, 0.717) is 25.3 Å². The van der Waals surface area contributed by atoms with Crippen LogP contribution in [0.2, 0.25) is 0 Å². The number of nitrogens with zero attached hydrogens (tertiary/aromatic N) is 4. The summed E-state index contributed by atoms with van der Waals surface area (Å²) < 4.78 is 1.74. The Morgan fingerprint density at radius 2 is 2.22 bits per heavy atom. The average molecular weight is 390 g/mol. The molecule has 146 valence electrons. The molecular formula is C19H27N5O2S. The van der Waals surface area contributed by atoms with Crippen LogP contribution in [0.25, 0.3) is 0 Å². The summed E-state index contributed by atoms with van der Waals surface area (Å²) in [5.41, 5.74) is -0.124. The lowest BCUT2D eigenvalue weighted by molar-refractivity contribution is -0.132. The molecule has 2 aromatic rings. The Bertz CT molecular complexity index is 815. The van der Waals surface area contributed by atoms with Crippen LogP contribution in [0, 0.1) is 12.3 Å². The fourth-order valence-corrected chi connectivity index (χ4v) is 4.21. The van der Waals surface area contributed by atoms with Crippen molar-refractivity contribution in [1.82, 2.24) is 25.0 Å². The van der Waals surface area contributed by atoms with Gasteiger partial charge in [-0.15, -0.1) is 11.3 Å². The summed E-state index contributed by atoms with van der Waals surface area (Å²) in [5.74, 6) is -0.0912. The van der Waals surface area contributed by atoms with Crippen LogP contribution < -0.4 is 5.32 Å². The van der Waals surface area contributed by atoms with E-state index in [1.807, 2.05) is 33.2 Å². The third kappa shape index (κ3) is 4.55. The smallest absolute Gasteiger partial charge is 0.274 e. The van der Waals surface area contributed by atoms with Gasteiger partial charge in [-0.3, -0.25) is 14.3 Å². The number of rotatable bonds is 6. The predicted octanol–water partition coefficient (Wildman–Crippen LogP) is 2.27. The number of carbonyl (C=O) groups excluding carboxylic acids is 2. The minimum absolute atomic E-state index is 0.00682. The topological polar surface area (TPSA) is 80.1 Å². The van der Waals surface area contributed by atoms with Gasteiger partial charge in [-0.1, -0.05) is 0 Å². The highest BCUT2D eigenvalue weighted by molar-refractivity contribution is 7.11. The fourth-order valence-electron chi connectivity index (χ4n) is 3.43. The molecule has 0 aliphatic carbocycles. The van der Waals surface area contributed by atoms with Crippen LogP contribution in [0.15, 0.2) is 18.5 Å². The highest BCUT2D eigenvalue weighted by Gasteiger charge is 2.39. The Morgan fingerprint density at radius 3 is 2.89 bits per heavy atom. The summed E-state index contributed by atoms with van der Waals surface area (Å²) in [6.07, 6.45) is 5.99. The van der Waals surface area contributed by atoms with Gasteiger partial charge in [0.25, 0.3) is 5.91 Å². The van der Waals surface area contributed by atoms with E-state index in [4.69, 9.17) is 0 Å². The van der Waals surface area contributed by atoms with Gasteiger partial charge in [-0.25, -0.2) is 4.98 Å². The molecule has 1 aliphatic heterocycles. The van der Waals surface area contributed by atoms with Gasteiger partial charge in [-0.2, -0.15) is 5.10 Å². The predicted molar refractivity (Wildman–Crippen MR) is 105 cm³/mol. The van der Waals surface area contributed by atoms with E-state index in [-0.39, 0.29) is 11.8 Å². The lowest BCUT2D eigenvalue weighted by Gasteiger charge is -2.39. The van der Waals surface area contributed by atoms with Crippen molar-refractivity contribution in [1.29, 1.82) is 0 Å². The second-order valence-corrected chi connectivity index (χ2v) is 8.64. The molecule has 2 aromatic heterocycles. The molecule has 8 heteroatoms. The summed E-state index contributed by atoms with van der Waals surface area (Å²) in [4.78, 5) is 32.8. The first-order valence-corrected chi connectivity index (χ1v) is 10.3. The zero-order chi connectivity index (χ0) is 19.4. The van der Waals surface area contributed by atoms with Gasteiger partial charge in [0.1, 0.15) is 5.69 Å². The van der Waals surface area contributed by atoms with Gasteiger partial charge in [0.2, 0.25) is 5.91 Å². The van der Waals surface area contributed by atoms with Crippen LogP contribution in [0.4, 0.5) is 0 Å². The second kappa shape index (κ2) is 8.21. The molecule has 1 aliphatic rings. The number of aryl methyl sites for hydroxylation is 2. The van der Waals surface area contributed by atoms with Crippen molar-refractivity contribution in [2.75, 3.05) is 19.6 Å². The normalized spacial score (nSPS) is 19.9. The molecular weight excluding hydrogens is 362 g/mol. The monoisotopic (exact) mass is 389 g/mol. The molecule has 7 nitrogen and oxygen atoms in total. The standard InChI is InChI=1S/C19H27N5O2S/c1-4-24-11-7-15(22-24)17(25)23-10-5-8-19(3,13-23)18(26)20-9-6-16-21-12-14(2)27-16/h7,11-12H,4-6,8-10,13H2,1-3H3,(H,20,26). The van der Waals surface area contributed by atoms with E-state index in [1.54, 1.807) is 27.0 Å². The van der Waals surface area contributed by atoms with Crippen LogP contribution in [0.1, 0.15) is 47.1 Å². The third-order valence-electron chi connectivity index (χ3n) is 5.01. The molecule has 1 atom stereocenters. The first kappa shape index (κ1) is 19.5. The van der Waals surface area contributed by atoms with Gasteiger partial charge in [0.15, 0.2) is 0 Å². The Morgan fingerprint density at radius 1 is 1.41 bits per heavy atom. The van der Waals surface area contributed by atoms with Crippen molar-refractivity contribution in [3.05, 3.63) is 34.0 Å². The van der Waals surface area contributed by atoms with E-state index in [0.717, 1.165) is 30.8 Å². The van der Waals surface area contributed by atoms with Gasteiger partial charge in [0.05, 0.1) is 10.4 Å². The first-order chi connectivity index (χ1) is 12.9. The quantitative estimate of drug-likeness (QED) is 0.822. The molecule has 1 N–H and O–H groups in total. The Kier molecular flexibility index (Phi) is 5.94. The Balaban J connectivity index is 1.57. The van der Waals surface area contributed by atoms with Crippen molar-refractivity contribution in [2.45, 2.75) is 46.6 Å². The molecule has 3 rings (SSSR count). The minimum Gasteiger partial charge on any atom is -0.355 e. The van der Waals surface area contributed by atoms with E-state index in [1.165, 1.54) is 4.88 Å². The molecule has 2 amide bonds. The fraction of sp³-hybridized carbons (Fsp3) is 0.579. The Labute approximate surface area is 163 Å². The molecule has 27 heavy (non-hydrogen) atoms. The van der Waals surface area contributed by atoms with Crippen molar-refractivity contribution < 1.29 is 9.59 Å². The summed E-state index contributed by atoms with van der Waals surface area (Å²) in [6, 6.07) is 1.74. The summed E-state index contributed by atoms with van der Waals surface area (Å²) >= 11 is 1.66. The van der Waals surface area contributed by atoms with Crippen molar-refractivity contribution in [2.24, 2.45) is 5.41 Å². The molecule has 0 spiro atoms. The number of hydrogen-bond donors (Lipinski definition) is 1. The number of carbonyl (C=O) groups is 2. The molecule has 3 heterocycles. The molecule has 0 radical (unpaired) electrons.